The molecule has 10 nitrogen and oxygen atoms in total. The predicted octanol–water partition coefficient (Wildman–Crippen LogP) is 4.23. The molecule has 0 amide bonds. The maximum Gasteiger partial charge on any atom is 2.00 e. The van der Waals surface area contributed by atoms with E-state index in [1.54, 1.807) is 12.1 Å². The van der Waals surface area contributed by atoms with Crippen LogP contribution >= 0.6 is 0 Å². The van der Waals surface area contributed by atoms with Crippen LogP contribution in [0.25, 0.3) is 21.3 Å². The topological polar surface area (TPSA) is 118 Å². The third kappa shape index (κ3) is 4.64. The van der Waals surface area contributed by atoms with E-state index in [-0.39, 0.29) is 43.8 Å². The van der Waals surface area contributed by atoms with Gasteiger partial charge in [0.05, 0.1) is 23.9 Å². The molecule has 0 fully saturated rings. The molecule has 4 aromatic heterocycles. The van der Waals surface area contributed by atoms with E-state index in [4.69, 9.17) is 23.1 Å². The van der Waals surface area contributed by atoms with Crippen LogP contribution in [0.4, 0.5) is 11.5 Å². The zero-order valence-corrected chi connectivity index (χ0v) is 21.9. The van der Waals surface area contributed by atoms with Crippen molar-refractivity contribution >= 4 is 11.5 Å². The number of rotatable bonds is 4. The molecule has 0 aliphatic carbocycles. The second-order valence-corrected chi connectivity index (χ2v) is 8.29. The van der Waals surface area contributed by atoms with Gasteiger partial charge in [-0.25, -0.2) is 9.94 Å². The molecule has 11 heteroatoms. The van der Waals surface area contributed by atoms with E-state index in [9.17, 15) is 10.5 Å². The summed E-state index contributed by atoms with van der Waals surface area (Å²) in [7, 11) is 0. The van der Waals surface area contributed by atoms with Crippen LogP contribution in [0.2, 0.25) is 0 Å². The monoisotopic (exact) mass is 651 g/mol. The Morgan fingerprint density at radius 2 is 1.42 bits per heavy atom. The van der Waals surface area contributed by atoms with E-state index < -0.39 is 5.41 Å². The van der Waals surface area contributed by atoms with E-state index in [0.717, 1.165) is 11.1 Å². The minimum absolute atomic E-state index is 0. The van der Waals surface area contributed by atoms with Crippen LogP contribution in [-0.2, 0) is 26.5 Å². The first kappa shape index (κ1) is 26.0. The zero-order chi connectivity index (χ0) is 25.3. The van der Waals surface area contributed by atoms with Crippen LogP contribution in [0.1, 0.15) is 47.6 Å². The average molecular weight is 652 g/mol. The van der Waals surface area contributed by atoms with Crippen LogP contribution in [-0.4, -0.2) is 29.5 Å². The van der Waals surface area contributed by atoms with Gasteiger partial charge in [-0.3, -0.25) is 25.2 Å². The summed E-state index contributed by atoms with van der Waals surface area (Å²) in [5.41, 5.74) is 2.58. The fourth-order valence-electron chi connectivity index (χ4n) is 3.46. The molecule has 0 spiro atoms. The quantitative estimate of drug-likeness (QED) is 0.305. The summed E-state index contributed by atoms with van der Waals surface area (Å²) in [4.78, 5) is 16.1. The Morgan fingerprint density at radius 3 is 1.83 bits per heavy atom. The summed E-state index contributed by atoms with van der Waals surface area (Å²) in [6.07, 6.45) is 5.58. The largest absolute Gasteiger partial charge is 2.00 e. The van der Waals surface area contributed by atoms with Gasteiger partial charge in [-0.15, -0.1) is 0 Å². The van der Waals surface area contributed by atoms with E-state index in [2.05, 4.69) is 32.3 Å². The normalized spacial score (nSPS) is 10.4. The maximum atomic E-state index is 9.24. The first-order valence-corrected chi connectivity index (χ1v) is 10.3. The molecule has 36 heavy (non-hydrogen) atoms. The second-order valence-electron chi connectivity index (χ2n) is 8.29. The minimum Gasteiger partial charge on any atom is -0.359 e. The van der Waals surface area contributed by atoms with Crippen LogP contribution in [0.3, 0.4) is 0 Å². The number of hydrogen-bond donors (Lipinski definition) is 0. The first-order valence-electron chi connectivity index (χ1n) is 10.3. The molecule has 0 saturated heterocycles. The van der Waals surface area contributed by atoms with Crippen molar-refractivity contribution in [3.8, 4) is 23.8 Å². The summed E-state index contributed by atoms with van der Waals surface area (Å²) in [5.74, 6) is 0.814. The van der Waals surface area contributed by atoms with Crippen molar-refractivity contribution in [3.05, 3.63) is 93.3 Å². The van der Waals surface area contributed by atoms with Gasteiger partial charge < -0.3 is 9.53 Å². The molecule has 0 aliphatic heterocycles. The van der Waals surface area contributed by atoms with Crippen molar-refractivity contribution in [1.82, 2.24) is 29.5 Å². The maximum absolute atomic E-state index is 9.24. The molecule has 0 bridgehead atoms. The number of nitrogens with zero attached hydrogens (tertiary/aromatic N) is 10. The minimum atomic E-state index is -0.677. The molecule has 0 radical (unpaired) electrons. The molecular formula is C25H16N10Pt. The Balaban J connectivity index is 0.00000361. The number of nitriles is 2. The Morgan fingerprint density at radius 1 is 0.861 bits per heavy atom. The molecule has 0 unspecified atom stereocenters. The van der Waals surface area contributed by atoms with Gasteiger partial charge in [0, 0.05) is 28.4 Å². The molecular weight excluding hydrogens is 635 g/mol. The van der Waals surface area contributed by atoms with E-state index in [1.807, 2.05) is 52.0 Å². The third-order valence-corrected chi connectivity index (χ3v) is 5.33. The number of hydrogen-bond acceptors (Lipinski definition) is 6. The predicted molar refractivity (Wildman–Crippen MR) is 124 cm³/mol. The second kappa shape index (κ2) is 9.93. The number of pyridine rings is 2. The molecule has 0 N–H and O–H groups in total. The van der Waals surface area contributed by atoms with Crippen molar-refractivity contribution in [2.24, 2.45) is 0 Å². The molecule has 4 heterocycles. The average Bonchev–Trinajstić information content (AvgIpc) is 3.47. The molecule has 0 saturated carbocycles. The Hall–Kier alpha value is -4.63. The molecule has 0 aromatic carbocycles. The Labute approximate surface area is 222 Å². The standard InChI is InChI=1S/C25H16N10.Pt/c1-15-7-20(30-22(9-15)34-13-17(11-26)24(29-6)33-34)25(3,4)21-8-16(2)10-23(31-21)35-14-19(28-5)18(12-27)32-35;/h7-10H,1-4H3;/q-2;+2. The SMILES string of the molecule is [C-]#[N+]c1[c-]n(-c2cc(C)cc(C(C)(C)c3cc(C)cc(-n4[c-]c(C#N)c([N+]#[C-])n4)n3)n2)nc1C#N.[Pt+2]. The van der Waals surface area contributed by atoms with Gasteiger partial charge in [0.1, 0.15) is 5.69 Å². The summed E-state index contributed by atoms with van der Waals surface area (Å²) in [5, 5.41) is 26.8. The summed E-state index contributed by atoms with van der Waals surface area (Å²) in [6, 6.07) is 11.3. The van der Waals surface area contributed by atoms with Crippen molar-refractivity contribution in [2.45, 2.75) is 33.1 Å². The fourth-order valence-corrected chi connectivity index (χ4v) is 3.46. The van der Waals surface area contributed by atoms with Crippen molar-refractivity contribution < 1.29 is 21.1 Å². The van der Waals surface area contributed by atoms with Gasteiger partial charge in [-0.1, -0.05) is 36.0 Å². The molecule has 176 valence electrons. The van der Waals surface area contributed by atoms with Crippen LogP contribution in [0.15, 0.2) is 24.3 Å². The van der Waals surface area contributed by atoms with E-state index in [1.165, 1.54) is 9.36 Å². The van der Waals surface area contributed by atoms with Crippen molar-refractivity contribution in [3.63, 3.8) is 0 Å². The van der Waals surface area contributed by atoms with Gasteiger partial charge in [0.15, 0.2) is 0 Å². The fraction of sp³-hybridized carbons (Fsp3) is 0.200. The van der Waals surface area contributed by atoms with E-state index in [0.29, 0.717) is 23.0 Å². The summed E-state index contributed by atoms with van der Waals surface area (Å²) >= 11 is 0. The first-order chi connectivity index (χ1) is 16.7. The molecule has 0 aliphatic rings. The number of aromatic nitrogens is 6. The smallest absolute Gasteiger partial charge is 0.359 e. The number of aryl methyl sites for hydroxylation is 2. The van der Waals surface area contributed by atoms with Crippen LogP contribution in [0, 0.1) is 62.0 Å². The Bertz CT molecular complexity index is 1460. The van der Waals surface area contributed by atoms with E-state index >= 15 is 0 Å². The van der Waals surface area contributed by atoms with Gasteiger partial charge in [0.2, 0.25) is 0 Å². The molecule has 4 rings (SSSR count). The summed E-state index contributed by atoms with van der Waals surface area (Å²) in [6.45, 7) is 22.2. The van der Waals surface area contributed by atoms with Crippen LogP contribution in [0.5, 0.6) is 0 Å². The molecule has 4 aromatic rings. The summed E-state index contributed by atoms with van der Waals surface area (Å²) < 4.78 is 2.61. The van der Waals surface area contributed by atoms with Gasteiger partial charge in [-0.2, -0.15) is 0 Å². The van der Waals surface area contributed by atoms with Crippen molar-refractivity contribution in [2.75, 3.05) is 0 Å². The van der Waals surface area contributed by atoms with Crippen molar-refractivity contribution in [1.29, 1.82) is 10.5 Å². The molecule has 0 atom stereocenters. The van der Waals surface area contributed by atoms with Gasteiger partial charge in [0.25, 0.3) is 5.82 Å². The third-order valence-electron chi connectivity index (χ3n) is 5.33. The van der Waals surface area contributed by atoms with Gasteiger partial charge in [-0.05, 0) is 57.2 Å². The zero-order valence-electron chi connectivity index (χ0n) is 19.6. The Kier molecular flexibility index (Phi) is 7.16. The van der Waals surface area contributed by atoms with Crippen LogP contribution < -0.4 is 0 Å². The van der Waals surface area contributed by atoms with Gasteiger partial charge >= 0.3 is 21.1 Å².